The van der Waals surface area contributed by atoms with E-state index in [2.05, 4.69) is 39.2 Å². The Morgan fingerprint density at radius 3 is 1.74 bits per heavy atom. The number of para-hydroxylation sites is 1. The predicted molar refractivity (Wildman–Crippen MR) is 381 cm³/mol. The maximum absolute atomic E-state index is 10.3. The van der Waals surface area contributed by atoms with Crippen LogP contribution in [0.2, 0.25) is 0 Å². The van der Waals surface area contributed by atoms with Crippen molar-refractivity contribution in [1.29, 1.82) is 0 Å². The van der Waals surface area contributed by atoms with Gasteiger partial charge in [0.15, 0.2) is 8.07 Å². The van der Waals surface area contributed by atoms with Crippen molar-refractivity contribution in [2.24, 2.45) is 0 Å². The third-order valence-electron chi connectivity index (χ3n) is 16.7. The van der Waals surface area contributed by atoms with Gasteiger partial charge in [0.2, 0.25) is 0 Å². The van der Waals surface area contributed by atoms with Crippen LogP contribution in [0.15, 0.2) is 267 Å². The van der Waals surface area contributed by atoms with Gasteiger partial charge in [0.05, 0.1) is 44.1 Å². The summed E-state index contributed by atoms with van der Waals surface area (Å²) in [6.45, 7) is 15.2. The standard InChI is InChI=1S/C85H74N4OSi.Pt/c1-58-49-81(86-56-75(58)60-27-15-11-16-28-60)89-76-40-24-23-39-72(76)73-47-46-68(55-78(73)89)90-67-32-26-31-66(54-67)87-57-88(77-48-43-61(51-79(77)87)59-41-44-63(45-42-59)83(2,3)4)82-74(62-29-25-30-64(50-62)84(5,6)7)52-65(85(8,9)10)53-80(82)91(69-33-17-12-18-34-69,70-35-19-13-20-36-70)71-37-21-14-22-38-71;/h11-53,56H,1-10H3;/q-2;/i1D3,11D,12D,13D,14D,15D,16D,17D,18D,19D,20D,21D,22D,27D,28D,33D,34D,35D,36D,37D,38D;. The first-order chi connectivity index (χ1) is 53.4. The molecule has 0 saturated heterocycles. The zero-order valence-corrected chi connectivity index (χ0v) is 55.1. The van der Waals surface area contributed by atoms with Crippen molar-refractivity contribution < 1.29 is 61.9 Å². The molecule has 0 aliphatic heterocycles. The number of pyridine rings is 1. The molecule has 14 aromatic rings. The van der Waals surface area contributed by atoms with Crippen LogP contribution in [-0.4, -0.2) is 22.2 Å². The first-order valence-electron chi connectivity index (χ1n) is 41.3. The molecule has 0 aliphatic rings. The van der Waals surface area contributed by atoms with Crippen molar-refractivity contribution in [3.8, 4) is 62.1 Å². The summed E-state index contributed by atoms with van der Waals surface area (Å²) >= 11 is 0. The van der Waals surface area contributed by atoms with Gasteiger partial charge in [0.25, 0.3) is 6.33 Å². The molecule has 3 aromatic heterocycles. The first kappa shape index (κ1) is 39.7. The van der Waals surface area contributed by atoms with E-state index in [0.29, 0.717) is 49.7 Å². The molecule has 0 atom stereocenters. The van der Waals surface area contributed by atoms with Crippen molar-refractivity contribution >= 4 is 61.7 Å². The summed E-state index contributed by atoms with van der Waals surface area (Å²) in [6.07, 6.45) is 4.85. The Morgan fingerprint density at radius 1 is 0.489 bits per heavy atom. The van der Waals surface area contributed by atoms with Gasteiger partial charge in [-0.05, 0) is 123 Å². The molecule has 0 spiro atoms. The molecule has 456 valence electrons. The van der Waals surface area contributed by atoms with Crippen molar-refractivity contribution in [2.45, 2.75) is 85.4 Å². The molecular formula is C85H74N4OPtSi-2. The van der Waals surface area contributed by atoms with Gasteiger partial charge in [-0.3, -0.25) is 4.57 Å². The fourth-order valence-electron chi connectivity index (χ4n) is 11.9. The Hall–Kier alpha value is -9.45. The zero-order valence-electron chi connectivity index (χ0n) is 74.9. The van der Waals surface area contributed by atoms with Gasteiger partial charge in [-0.15, -0.1) is 29.7 Å². The van der Waals surface area contributed by atoms with E-state index in [1.807, 2.05) is 133 Å². The topological polar surface area (TPSA) is 35.9 Å². The van der Waals surface area contributed by atoms with Gasteiger partial charge in [0, 0.05) is 54.0 Å². The molecule has 0 unspecified atom stereocenters. The Labute approximate surface area is 589 Å². The van der Waals surface area contributed by atoms with Crippen LogP contribution in [0.3, 0.4) is 0 Å². The molecule has 0 radical (unpaired) electrons. The summed E-state index contributed by atoms with van der Waals surface area (Å²) < 4.78 is 227. The molecule has 5 nitrogen and oxygen atoms in total. The summed E-state index contributed by atoms with van der Waals surface area (Å²) in [5.74, 6) is 0.357. The zero-order chi connectivity index (χ0) is 82.7. The van der Waals surface area contributed by atoms with E-state index in [4.69, 9.17) is 24.8 Å². The van der Waals surface area contributed by atoms with Crippen LogP contribution in [-0.2, 0) is 37.3 Å². The molecule has 0 amide bonds. The van der Waals surface area contributed by atoms with E-state index in [1.54, 1.807) is 56.2 Å². The monoisotopic (exact) mass is 1410 g/mol. The molecule has 0 bridgehead atoms. The number of aromatic nitrogens is 4. The van der Waals surface area contributed by atoms with Crippen LogP contribution in [0.25, 0.3) is 83.4 Å². The minimum Gasteiger partial charge on any atom is -0.510 e. The van der Waals surface area contributed by atoms with E-state index < -0.39 is 162 Å². The maximum atomic E-state index is 10.3. The van der Waals surface area contributed by atoms with Gasteiger partial charge < -0.3 is 13.9 Å². The van der Waals surface area contributed by atoms with Crippen LogP contribution in [0, 0.1) is 25.3 Å². The minimum atomic E-state index is -6.00. The molecule has 0 saturated carbocycles. The van der Waals surface area contributed by atoms with E-state index >= 15 is 0 Å². The second kappa shape index (κ2) is 24.3. The van der Waals surface area contributed by atoms with Crippen LogP contribution in [0.5, 0.6) is 11.5 Å². The van der Waals surface area contributed by atoms with E-state index in [1.165, 1.54) is 12.3 Å². The Morgan fingerprint density at radius 2 is 1.10 bits per heavy atom. The predicted octanol–water partition coefficient (Wildman–Crippen LogP) is 18.2. The molecule has 0 N–H and O–H groups in total. The van der Waals surface area contributed by atoms with Crippen molar-refractivity contribution in [3.63, 3.8) is 0 Å². The fraction of sp³-hybridized carbons (Fsp3) is 0.153. The number of nitrogens with zero attached hydrogens (tertiary/aromatic N) is 4. The van der Waals surface area contributed by atoms with Crippen LogP contribution < -0.4 is 30.1 Å². The average molecular weight is 1410 g/mol. The fourth-order valence-corrected chi connectivity index (χ4v) is 16.0. The largest absolute Gasteiger partial charge is 0.510 e. The molecule has 0 aliphatic carbocycles. The Balaban J connectivity index is 0.0000115. The Bertz CT molecular complexity index is 6130. The number of fused-ring (bicyclic) bond motifs is 4. The van der Waals surface area contributed by atoms with Gasteiger partial charge in [-0.2, -0.15) is 18.2 Å². The van der Waals surface area contributed by atoms with Crippen molar-refractivity contribution in [3.05, 3.63) is 307 Å². The van der Waals surface area contributed by atoms with E-state index in [9.17, 15) is 16.4 Å². The molecule has 11 aromatic carbocycles. The number of rotatable bonds is 12. The average Bonchev–Trinajstić information content (AvgIpc) is 1.08. The number of imidazole rings is 1. The van der Waals surface area contributed by atoms with Gasteiger partial charge in [0.1, 0.15) is 5.82 Å². The van der Waals surface area contributed by atoms with Crippen LogP contribution >= 0.6 is 0 Å². The van der Waals surface area contributed by atoms with Crippen molar-refractivity contribution in [2.75, 3.05) is 0 Å². The SMILES string of the molecule is [2H]c1c([2H])c([2H])c(-c2cnc(-n3c4[c-]c(Oc5[c-]c(-n6[c-][n+](-c7c(-c8cccc(C(C)(C)C)c8)cc(C(C)(C)C)cc7[Si](c7c([2H])c([2H])c([2H])c([2H])c7[2H])(c7c([2H])c([2H])c([2H])c([2H])c7[2H])c7c([2H])c([2H])c([2H])c([2H])c7[2H])c7ccc(-c8ccc(C(C)(C)C)cc8)cc76)ccc5)ccc4c4ccccc43)cc2C([2H])([2H])[2H])c([2H])c1[2H].[Pt]. The van der Waals surface area contributed by atoms with E-state index in [-0.39, 0.29) is 77.0 Å². The second-order valence-corrected chi connectivity index (χ2v) is 29.1. The minimum absolute atomic E-state index is 0. The van der Waals surface area contributed by atoms with E-state index in [0.717, 1.165) is 22.1 Å². The normalized spacial score (nSPS) is 15.8. The molecule has 0 fully saturated rings. The van der Waals surface area contributed by atoms with Crippen LogP contribution in [0.1, 0.15) is 116 Å². The summed E-state index contributed by atoms with van der Waals surface area (Å²) in [5.41, 5.74) is 4.26. The van der Waals surface area contributed by atoms with Crippen molar-refractivity contribution in [1.82, 2.24) is 14.1 Å². The molecule has 14 rings (SSSR count). The van der Waals surface area contributed by atoms with Gasteiger partial charge in [-0.25, -0.2) is 4.98 Å². The number of hydrogen-bond acceptors (Lipinski definition) is 2. The second-order valence-electron chi connectivity index (χ2n) is 25.6. The number of ether oxygens (including phenoxy) is 1. The molecular weight excluding hydrogens is 1320 g/mol. The number of aryl methyl sites for hydroxylation is 1. The maximum Gasteiger partial charge on any atom is 0.268 e. The number of hydrogen-bond donors (Lipinski definition) is 0. The van der Waals surface area contributed by atoms with Gasteiger partial charge >= 0.3 is 0 Å². The molecule has 7 heteroatoms. The van der Waals surface area contributed by atoms with Gasteiger partial charge in [-0.1, -0.05) is 280 Å². The summed E-state index contributed by atoms with van der Waals surface area (Å²) in [4.78, 5) is 4.74. The molecule has 3 heterocycles. The first-order valence-corrected chi connectivity index (χ1v) is 31.8. The third kappa shape index (κ3) is 11.3. The number of benzene rings is 11. The smallest absolute Gasteiger partial charge is 0.268 e. The third-order valence-corrected chi connectivity index (χ3v) is 20.9. The quantitative estimate of drug-likeness (QED) is 0.0529. The Kier molecular flexibility index (Phi) is 10.5. The summed E-state index contributed by atoms with van der Waals surface area (Å²) in [7, 11) is -6.00. The summed E-state index contributed by atoms with van der Waals surface area (Å²) in [5, 5.41) is -0.767. The van der Waals surface area contributed by atoms with Crippen LogP contribution in [0.4, 0.5) is 0 Å². The molecule has 92 heavy (non-hydrogen) atoms. The summed E-state index contributed by atoms with van der Waals surface area (Å²) in [6, 6.07) is 32.2.